The molecule has 1 aliphatic carbocycles. The molecule has 1 aromatic heterocycles. The number of carbonyl (C=O) groups is 3. The lowest BCUT2D eigenvalue weighted by Gasteiger charge is -2.49. The first-order chi connectivity index (χ1) is 14.4. The van der Waals surface area contributed by atoms with Crippen LogP contribution in [0.4, 0.5) is 9.93 Å². The number of carboxylic acids is 1. The molecular formula is C21H31N3O7S. The first-order valence-corrected chi connectivity index (χ1v) is 11.0. The minimum atomic E-state index is -1.39. The molecule has 1 aromatic rings. The fourth-order valence-corrected chi connectivity index (χ4v) is 3.95. The highest BCUT2D eigenvalue weighted by molar-refractivity contribution is 7.14. The monoisotopic (exact) mass is 469 g/mol. The number of aromatic nitrogens is 1. The van der Waals surface area contributed by atoms with Crippen molar-refractivity contribution in [2.75, 3.05) is 5.32 Å². The third kappa shape index (κ3) is 6.91. The number of carboxylic acid groups (broad SMARTS) is 1. The Bertz CT molecular complexity index is 915. The molecule has 0 aliphatic heterocycles. The van der Waals surface area contributed by atoms with Crippen LogP contribution in [0.3, 0.4) is 0 Å². The van der Waals surface area contributed by atoms with E-state index in [-0.39, 0.29) is 16.2 Å². The van der Waals surface area contributed by atoms with E-state index in [9.17, 15) is 19.5 Å². The third-order valence-corrected chi connectivity index (χ3v) is 4.93. The highest BCUT2D eigenvalue weighted by atomic mass is 32.1. The molecular weight excluding hydrogens is 438 g/mol. The van der Waals surface area contributed by atoms with Crippen molar-refractivity contribution in [1.29, 1.82) is 0 Å². The van der Waals surface area contributed by atoms with Gasteiger partial charge in [-0.2, -0.15) is 0 Å². The number of thiazole rings is 1. The average Bonchev–Trinajstić information content (AvgIpc) is 2.96. The molecule has 1 heterocycles. The van der Waals surface area contributed by atoms with Crippen LogP contribution in [0.5, 0.6) is 0 Å². The minimum absolute atomic E-state index is 0.0218. The Kier molecular flexibility index (Phi) is 6.94. The third-order valence-electron chi connectivity index (χ3n) is 4.17. The van der Waals surface area contributed by atoms with E-state index in [1.165, 1.54) is 5.38 Å². The van der Waals surface area contributed by atoms with E-state index in [2.05, 4.69) is 15.5 Å². The van der Waals surface area contributed by atoms with E-state index in [4.69, 9.17) is 14.3 Å². The number of aliphatic carboxylic acids is 1. The average molecular weight is 470 g/mol. The lowest BCUT2D eigenvalue weighted by atomic mass is 9.61. The number of hydrogen-bond donors (Lipinski definition) is 2. The summed E-state index contributed by atoms with van der Waals surface area (Å²) in [6, 6.07) is 0. The Morgan fingerprint density at radius 2 is 1.66 bits per heavy atom. The smallest absolute Gasteiger partial charge is 0.413 e. The second-order valence-electron chi connectivity index (χ2n) is 10.5. The maximum atomic E-state index is 12.8. The van der Waals surface area contributed by atoms with Crippen molar-refractivity contribution >= 4 is 40.2 Å². The van der Waals surface area contributed by atoms with Crippen molar-refractivity contribution in [1.82, 2.24) is 4.98 Å². The van der Waals surface area contributed by atoms with Gasteiger partial charge in [-0.15, -0.1) is 11.3 Å². The van der Waals surface area contributed by atoms with Crippen LogP contribution in [0.2, 0.25) is 0 Å². The maximum Gasteiger partial charge on any atom is 0.413 e. The Labute approximate surface area is 191 Å². The summed E-state index contributed by atoms with van der Waals surface area (Å²) in [5.41, 5.74) is -3.49. The standard InChI is InChI=1S/C21H31N3O7S/c1-18(2,3)29-15(27)21(10-20(7,8)11-21)31-24-13(14(25)26)12-9-32-16(22-12)23-17(28)30-19(4,5)6/h9H,10-11H2,1-8H3,(H,25,26)(H,22,23,28)/b24-13-. The second kappa shape index (κ2) is 8.68. The molecule has 2 rings (SSSR count). The number of carbonyl (C=O) groups excluding carboxylic acids is 2. The van der Waals surface area contributed by atoms with Crippen molar-refractivity contribution < 1.29 is 33.8 Å². The number of esters is 1. The number of oxime groups is 1. The van der Waals surface area contributed by atoms with Crippen molar-refractivity contribution in [2.24, 2.45) is 10.6 Å². The van der Waals surface area contributed by atoms with E-state index in [1.54, 1.807) is 41.5 Å². The number of hydrogen-bond acceptors (Lipinski definition) is 9. The number of ether oxygens (including phenoxy) is 2. The molecule has 1 fully saturated rings. The normalized spacial score (nSPS) is 17.7. The van der Waals surface area contributed by atoms with Gasteiger partial charge in [-0.05, 0) is 47.0 Å². The highest BCUT2D eigenvalue weighted by Gasteiger charge is 2.59. The molecule has 0 saturated heterocycles. The summed E-state index contributed by atoms with van der Waals surface area (Å²) in [6.07, 6.45) is -0.0641. The van der Waals surface area contributed by atoms with Crippen LogP contribution in [0, 0.1) is 5.41 Å². The van der Waals surface area contributed by atoms with Crippen LogP contribution >= 0.6 is 11.3 Å². The first kappa shape index (κ1) is 25.6. The maximum absolute atomic E-state index is 12.8. The van der Waals surface area contributed by atoms with Gasteiger partial charge in [-0.1, -0.05) is 19.0 Å². The van der Waals surface area contributed by atoms with Gasteiger partial charge in [0.15, 0.2) is 5.13 Å². The number of amides is 1. The van der Waals surface area contributed by atoms with Crippen LogP contribution in [-0.4, -0.2) is 50.6 Å². The highest BCUT2D eigenvalue weighted by Crippen LogP contribution is 2.51. The van der Waals surface area contributed by atoms with Gasteiger partial charge in [0.2, 0.25) is 11.3 Å². The number of nitrogens with zero attached hydrogens (tertiary/aromatic N) is 2. The summed E-state index contributed by atoms with van der Waals surface area (Å²) in [7, 11) is 0. The summed E-state index contributed by atoms with van der Waals surface area (Å²) in [5.74, 6) is -1.99. The molecule has 178 valence electrons. The minimum Gasteiger partial charge on any atom is -0.476 e. The summed E-state index contributed by atoms with van der Waals surface area (Å²) in [6.45, 7) is 14.3. The van der Waals surface area contributed by atoms with Crippen molar-refractivity contribution in [2.45, 2.75) is 85.0 Å². The predicted molar refractivity (Wildman–Crippen MR) is 119 cm³/mol. The van der Waals surface area contributed by atoms with E-state index in [0.717, 1.165) is 11.3 Å². The van der Waals surface area contributed by atoms with Gasteiger partial charge in [0.05, 0.1) is 0 Å². The quantitative estimate of drug-likeness (QED) is 0.359. The van der Waals surface area contributed by atoms with Gasteiger partial charge in [0.1, 0.15) is 16.9 Å². The first-order valence-electron chi connectivity index (χ1n) is 10.1. The molecule has 0 atom stereocenters. The van der Waals surface area contributed by atoms with Gasteiger partial charge in [-0.3, -0.25) is 5.32 Å². The zero-order valence-electron chi connectivity index (χ0n) is 19.7. The molecule has 1 aliphatic rings. The molecule has 11 heteroatoms. The summed E-state index contributed by atoms with van der Waals surface area (Å²) >= 11 is 1.00. The number of anilines is 1. The van der Waals surface area contributed by atoms with Crippen molar-refractivity contribution in [3.05, 3.63) is 11.1 Å². The van der Waals surface area contributed by atoms with Crippen LogP contribution in [0.25, 0.3) is 0 Å². The molecule has 1 saturated carbocycles. The topological polar surface area (TPSA) is 136 Å². The second-order valence-corrected chi connectivity index (χ2v) is 11.4. The SMILES string of the molecule is CC1(C)CC(O/N=C(\C(=O)O)c2csc(NC(=O)OC(C)(C)C)n2)(C(=O)OC(C)(C)C)C1. The Balaban J connectivity index is 2.22. The zero-order valence-corrected chi connectivity index (χ0v) is 20.5. The van der Waals surface area contributed by atoms with Gasteiger partial charge in [0, 0.05) is 18.2 Å². The van der Waals surface area contributed by atoms with Crippen molar-refractivity contribution in [3.8, 4) is 0 Å². The fourth-order valence-electron chi connectivity index (χ4n) is 3.27. The fraction of sp³-hybridized carbons (Fsp3) is 0.667. The molecule has 0 unspecified atom stereocenters. The molecule has 0 radical (unpaired) electrons. The number of rotatable bonds is 6. The number of nitrogens with one attached hydrogen (secondary N) is 1. The lowest BCUT2D eigenvalue weighted by molar-refractivity contribution is -0.213. The van der Waals surface area contributed by atoms with E-state index in [1.807, 2.05) is 13.8 Å². The Hall–Kier alpha value is -2.69. The Morgan fingerprint density at radius 3 is 2.12 bits per heavy atom. The Morgan fingerprint density at radius 1 is 1.09 bits per heavy atom. The van der Waals surface area contributed by atoms with E-state index >= 15 is 0 Å². The van der Waals surface area contributed by atoms with Crippen molar-refractivity contribution in [3.63, 3.8) is 0 Å². The van der Waals surface area contributed by atoms with Crippen LogP contribution < -0.4 is 5.32 Å². The van der Waals surface area contributed by atoms with Gasteiger partial charge >= 0.3 is 18.0 Å². The zero-order chi connectivity index (χ0) is 24.5. The van der Waals surface area contributed by atoms with Crippen LogP contribution in [0.15, 0.2) is 10.5 Å². The predicted octanol–water partition coefficient (Wildman–Crippen LogP) is 4.20. The van der Waals surface area contributed by atoms with Gasteiger partial charge in [-0.25, -0.2) is 19.4 Å². The van der Waals surface area contributed by atoms with Crippen LogP contribution in [-0.2, 0) is 23.9 Å². The van der Waals surface area contributed by atoms with Gasteiger partial charge < -0.3 is 19.4 Å². The molecule has 1 amide bonds. The molecule has 2 N–H and O–H groups in total. The molecule has 0 bridgehead atoms. The largest absolute Gasteiger partial charge is 0.476 e. The van der Waals surface area contributed by atoms with E-state index in [0.29, 0.717) is 12.8 Å². The molecule has 0 spiro atoms. The summed E-state index contributed by atoms with van der Waals surface area (Å²) < 4.78 is 10.6. The molecule has 0 aromatic carbocycles. The van der Waals surface area contributed by atoms with Crippen LogP contribution in [0.1, 0.15) is 73.9 Å². The van der Waals surface area contributed by atoms with E-state index < -0.39 is 40.5 Å². The van der Waals surface area contributed by atoms with Gasteiger partial charge in [0.25, 0.3) is 0 Å². The lowest BCUT2D eigenvalue weighted by Crippen LogP contribution is -2.57. The summed E-state index contributed by atoms with van der Waals surface area (Å²) in [4.78, 5) is 46.1. The summed E-state index contributed by atoms with van der Waals surface area (Å²) in [5, 5.41) is 17.4. The molecule has 10 nitrogen and oxygen atoms in total. The molecule has 32 heavy (non-hydrogen) atoms.